The SMILES string of the molecule is CCc1ncncc1C(=O)N1C[C@H](c2nc(C(C)C)n[nH]2)[C@@H](C2CC2)C1. The molecule has 2 aliphatic rings. The third kappa shape index (κ3) is 3.10. The maximum atomic E-state index is 13.1. The first-order chi connectivity index (χ1) is 12.6. The lowest BCUT2D eigenvalue weighted by molar-refractivity contribution is 0.0782. The molecule has 0 unspecified atom stereocenters. The molecule has 1 saturated carbocycles. The number of hydrogen-bond donors (Lipinski definition) is 1. The Balaban J connectivity index is 1.58. The monoisotopic (exact) mass is 354 g/mol. The highest BCUT2D eigenvalue weighted by molar-refractivity contribution is 5.95. The van der Waals surface area contributed by atoms with Gasteiger partial charge in [0.1, 0.15) is 12.2 Å². The fourth-order valence-electron chi connectivity index (χ4n) is 3.98. The van der Waals surface area contributed by atoms with E-state index in [1.165, 1.54) is 19.2 Å². The van der Waals surface area contributed by atoms with Crippen LogP contribution in [0.3, 0.4) is 0 Å². The zero-order chi connectivity index (χ0) is 18.3. The molecule has 4 rings (SSSR count). The molecule has 7 nitrogen and oxygen atoms in total. The Morgan fingerprint density at radius 1 is 1.35 bits per heavy atom. The molecule has 2 aromatic heterocycles. The number of rotatable bonds is 5. The van der Waals surface area contributed by atoms with E-state index in [0.29, 0.717) is 29.9 Å². The highest BCUT2D eigenvalue weighted by Crippen LogP contribution is 2.47. The van der Waals surface area contributed by atoms with Crippen LogP contribution in [0.4, 0.5) is 0 Å². The molecule has 0 radical (unpaired) electrons. The molecule has 2 aromatic rings. The number of amides is 1. The predicted molar refractivity (Wildman–Crippen MR) is 96.7 cm³/mol. The Morgan fingerprint density at radius 2 is 2.15 bits per heavy atom. The fourth-order valence-corrected chi connectivity index (χ4v) is 3.98. The summed E-state index contributed by atoms with van der Waals surface area (Å²) in [7, 11) is 0. The summed E-state index contributed by atoms with van der Waals surface area (Å²) in [4.78, 5) is 28.1. The van der Waals surface area contributed by atoms with Gasteiger partial charge in [0, 0.05) is 31.1 Å². The minimum atomic E-state index is 0.0409. The first-order valence-electron chi connectivity index (χ1n) is 9.58. The summed E-state index contributed by atoms with van der Waals surface area (Å²) in [6, 6.07) is 0. The van der Waals surface area contributed by atoms with Crippen LogP contribution in [-0.2, 0) is 6.42 Å². The predicted octanol–water partition coefficient (Wildman–Crippen LogP) is 2.55. The van der Waals surface area contributed by atoms with Crippen molar-refractivity contribution < 1.29 is 4.79 Å². The van der Waals surface area contributed by atoms with Crippen LogP contribution in [0.5, 0.6) is 0 Å². The Labute approximate surface area is 153 Å². The molecule has 7 heteroatoms. The zero-order valence-electron chi connectivity index (χ0n) is 15.6. The van der Waals surface area contributed by atoms with E-state index in [2.05, 4.69) is 34.0 Å². The van der Waals surface area contributed by atoms with Gasteiger partial charge in [0.15, 0.2) is 5.82 Å². The van der Waals surface area contributed by atoms with Gasteiger partial charge >= 0.3 is 0 Å². The van der Waals surface area contributed by atoms with Crippen molar-refractivity contribution in [1.82, 2.24) is 30.0 Å². The largest absolute Gasteiger partial charge is 0.337 e. The summed E-state index contributed by atoms with van der Waals surface area (Å²) in [6.45, 7) is 7.67. The molecule has 1 aliphatic heterocycles. The van der Waals surface area contributed by atoms with E-state index in [1.54, 1.807) is 6.20 Å². The zero-order valence-corrected chi connectivity index (χ0v) is 15.6. The standard InChI is InChI=1S/C19H26N6O/c1-4-16-13(7-20-10-21-16)19(26)25-8-14(12-5-6-12)15(9-25)18-22-17(11(2)3)23-24-18/h7,10-12,14-15H,4-6,8-9H2,1-3H3,(H,22,23,24)/t14-,15+/m1/s1. The summed E-state index contributed by atoms with van der Waals surface area (Å²) in [5, 5.41) is 7.51. The molecule has 1 saturated heterocycles. The van der Waals surface area contributed by atoms with Gasteiger partial charge in [-0.05, 0) is 31.1 Å². The number of nitrogens with zero attached hydrogens (tertiary/aromatic N) is 5. The van der Waals surface area contributed by atoms with Crippen LogP contribution in [0.1, 0.15) is 73.1 Å². The third-order valence-electron chi connectivity index (χ3n) is 5.63. The maximum Gasteiger partial charge on any atom is 0.257 e. The number of carbonyl (C=O) groups excluding carboxylic acids is 1. The van der Waals surface area contributed by atoms with E-state index in [1.807, 2.05) is 11.8 Å². The number of likely N-dealkylation sites (tertiary alicyclic amines) is 1. The van der Waals surface area contributed by atoms with Gasteiger partial charge in [0.05, 0.1) is 11.3 Å². The molecular weight excluding hydrogens is 328 g/mol. The lowest BCUT2D eigenvalue weighted by Crippen LogP contribution is -2.30. The molecular formula is C19H26N6O. The van der Waals surface area contributed by atoms with E-state index in [0.717, 1.165) is 30.3 Å². The summed E-state index contributed by atoms with van der Waals surface area (Å²) in [6.07, 6.45) is 6.40. The van der Waals surface area contributed by atoms with E-state index < -0.39 is 0 Å². The summed E-state index contributed by atoms with van der Waals surface area (Å²) in [5.74, 6) is 3.52. The van der Waals surface area contributed by atoms with Crippen molar-refractivity contribution in [2.75, 3.05) is 13.1 Å². The highest BCUT2D eigenvalue weighted by atomic mass is 16.2. The molecule has 3 heterocycles. The summed E-state index contributed by atoms with van der Waals surface area (Å²) >= 11 is 0. The van der Waals surface area contributed by atoms with E-state index in [9.17, 15) is 4.79 Å². The van der Waals surface area contributed by atoms with Gasteiger partial charge in [-0.1, -0.05) is 20.8 Å². The molecule has 138 valence electrons. The van der Waals surface area contributed by atoms with Gasteiger partial charge in [0.25, 0.3) is 5.91 Å². The van der Waals surface area contributed by atoms with Gasteiger partial charge in [-0.25, -0.2) is 15.0 Å². The fraction of sp³-hybridized carbons (Fsp3) is 0.632. The Morgan fingerprint density at radius 3 is 2.81 bits per heavy atom. The molecule has 2 fully saturated rings. The number of aromatic nitrogens is 5. The maximum absolute atomic E-state index is 13.1. The smallest absolute Gasteiger partial charge is 0.257 e. The van der Waals surface area contributed by atoms with Crippen LogP contribution in [0.15, 0.2) is 12.5 Å². The Kier molecular flexibility index (Phi) is 4.46. The second-order valence-electron chi connectivity index (χ2n) is 7.79. The average molecular weight is 354 g/mol. The van der Waals surface area contributed by atoms with Gasteiger partial charge < -0.3 is 4.90 Å². The lowest BCUT2D eigenvalue weighted by Gasteiger charge is -2.17. The quantitative estimate of drug-likeness (QED) is 0.891. The number of carbonyl (C=O) groups is 1. The van der Waals surface area contributed by atoms with Crippen LogP contribution in [0.2, 0.25) is 0 Å². The van der Waals surface area contributed by atoms with Gasteiger partial charge in [-0.3, -0.25) is 9.89 Å². The molecule has 1 aliphatic carbocycles. The number of aromatic amines is 1. The second-order valence-corrected chi connectivity index (χ2v) is 7.79. The van der Waals surface area contributed by atoms with E-state index in [4.69, 9.17) is 4.98 Å². The van der Waals surface area contributed by atoms with Crippen molar-refractivity contribution in [3.8, 4) is 0 Å². The summed E-state index contributed by atoms with van der Waals surface area (Å²) < 4.78 is 0. The van der Waals surface area contributed by atoms with Crippen LogP contribution in [0.25, 0.3) is 0 Å². The number of H-pyrrole nitrogens is 1. The molecule has 2 atom stereocenters. The van der Waals surface area contributed by atoms with Crippen molar-refractivity contribution >= 4 is 5.91 Å². The molecule has 26 heavy (non-hydrogen) atoms. The normalized spacial score (nSPS) is 23.0. The van der Waals surface area contributed by atoms with Crippen molar-refractivity contribution in [2.45, 2.75) is 51.9 Å². The molecule has 1 amide bonds. The minimum Gasteiger partial charge on any atom is -0.337 e. The van der Waals surface area contributed by atoms with Crippen molar-refractivity contribution in [2.24, 2.45) is 11.8 Å². The number of hydrogen-bond acceptors (Lipinski definition) is 5. The first-order valence-corrected chi connectivity index (χ1v) is 9.58. The van der Waals surface area contributed by atoms with E-state index >= 15 is 0 Å². The van der Waals surface area contributed by atoms with Crippen molar-refractivity contribution in [3.05, 3.63) is 35.4 Å². The van der Waals surface area contributed by atoms with Crippen LogP contribution < -0.4 is 0 Å². The van der Waals surface area contributed by atoms with Crippen LogP contribution in [-0.4, -0.2) is 49.0 Å². The minimum absolute atomic E-state index is 0.0409. The van der Waals surface area contributed by atoms with Gasteiger partial charge in [0.2, 0.25) is 0 Å². The Bertz CT molecular complexity index is 797. The van der Waals surface area contributed by atoms with Crippen molar-refractivity contribution in [1.29, 1.82) is 0 Å². The van der Waals surface area contributed by atoms with Crippen LogP contribution >= 0.6 is 0 Å². The van der Waals surface area contributed by atoms with Gasteiger partial charge in [-0.2, -0.15) is 5.10 Å². The summed E-state index contributed by atoms with van der Waals surface area (Å²) in [5.41, 5.74) is 1.45. The lowest BCUT2D eigenvalue weighted by atomic mass is 9.91. The highest BCUT2D eigenvalue weighted by Gasteiger charge is 2.46. The third-order valence-corrected chi connectivity index (χ3v) is 5.63. The number of nitrogens with one attached hydrogen (secondary N) is 1. The molecule has 1 N–H and O–H groups in total. The molecule has 0 bridgehead atoms. The molecule has 0 aromatic carbocycles. The molecule has 0 spiro atoms. The van der Waals surface area contributed by atoms with E-state index in [-0.39, 0.29) is 11.8 Å². The first kappa shape index (κ1) is 17.1. The topological polar surface area (TPSA) is 87.7 Å². The van der Waals surface area contributed by atoms with Crippen molar-refractivity contribution in [3.63, 3.8) is 0 Å². The second kappa shape index (κ2) is 6.78. The number of aryl methyl sites for hydroxylation is 1. The average Bonchev–Trinajstić information content (AvgIpc) is 3.21. The van der Waals surface area contributed by atoms with Gasteiger partial charge in [-0.15, -0.1) is 0 Å². The van der Waals surface area contributed by atoms with Crippen LogP contribution in [0, 0.1) is 11.8 Å². The Hall–Kier alpha value is -2.31.